The van der Waals surface area contributed by atoms with E-state index in [-0.39, 0.29) is 5.41 Å². The largest absolute Gasteiger partial charge is 0.310 e. The van der Waals surface area contributed by atoms with Crippen molar-refractivity contribution in [3.63, 3.8) is 0 Å². The number of fused-ring (bicyclic) bond motifs is 20. The van der Waals surface area contributed by atoms with E-state index in [0.29, 0.717) is 0 Å². The fourth-order valence-corrected chi connectivity index (χ4v) is 14.1. The Morgan fingerprint density at radius 3 is 1.72 bits per heavy atom. The summed E-state index contributed by atoms with van der Waals surface area (Å²) in [5.74, 6) is 0. The predicted molar refractivity (Wildman–Crippen MR) is 282 cm³/mol. The Morgan fingerprint density at radius 1 is 0.403 bits per heavy atom. The van der Waals surface area contributed by atoms with Crippen molar-refractivity contribution in [3.05, 3.63) is 252 Å². The standard InChI is InChI=1S/C64H42N2S/c1-63(2)51-24-11-6-19-42(51)45-33-31-40(37-56(45)63)65(57-29-16-28-55-60(57)50-23-9-14-27-54(50)64(55)52-25-12-7-20-43(52)44-21-8-13-26-53(44)64)41-32-34-46-48-35-36-49-47-22-10-15-30-59(47)67-62(49)61(48)66(58(46)38-41)39-17-4-3-5-18-39/h3-38H,1-2H3. The molecule has 3 heteroatoms. The van der Waals surface area contributed by atoms with Gasteiger partial charge in [0.1, 0.15) is 0 Å². The molecule has 67 heavy (non-hydrogen) atoms. The lowest BCUT2D eigenvalue weighted by Gasteiger charge is -2.32. The molecular formula is C64H42N2S. The summed E-state index contributed by atoms with van der Waals surface area (Å²) in [6.45, 7) is 4.78. The second-order valence-corrected chi connectivity index (χ2v) is 20.2. The summed E-state index contributed by atoms with van der Waals surface area (Å²) >= 11 is 1.90. The van der Waals surface area contributed by atoms with Gasteiger partial charge in [0.25, 0.3) is 0 Å². The number of nitrogens with zero attached hydrogens (tertiary/aromatic N) is 2. The molecule has 1 spiro atoms. The van der Waals surface area contributed by atoms with Crippen molar-refractivity contribution in [1.29, 1.82) is 0 Å². The van der Waals surface area contributed by atoms with Gasteiger partial charge in [-0.1, -0.05) is 184 Å². The van der Waals surface area contributed by atoms with Crippen LogP contribution in [0, 0.1) is 0 Å². The summed E-state index contributed by atoms with van der Waals surface area (Å²) in [6.07, 6.45) is 0. The van der Waals surface area contributed by atoms with Gasteiger partial charge < -0.3 is 9.47 Å². The Morgan fingerprint density at radius 2 is 0.955 bits per heavy atom. The SMILES string of the molecule is CC1(C)c2ccccc2-c2ccc(N(c3ccc4c5ccc6c7ccccc7sc6c5n(-c5ccccc5)c4c3)c3cccc4c3-c3ccccc3C43c4ccccc4-c4ccccc43)cc21. The molecule has 0 N–H and O–H groups in total. The van der Waals surface area contributed by atoms with Crippen LogP contribution in [0.25, 0.3) is 81.0 Å². The van der Waals surface area contributed by atoms with Gasteiger partial charge in [0.2, 0.25) is 0 Å². The second-order valence-electron chi connectivity index (χ2n) is 19.1. The first-order chi connectivity index (χ1) is 33.0. The highest BCUT2D eigenvalue weighted by atomic mass is 32.1. The van der Waals surface area contributed by atoms with Crippen molar-refractivity contribution >= 4 is 70.4 Å². The quantitative estimate of drug-likeness (QED) is 0.171. The Bertz CT molecular complexity index is 4040. The van der Waals surface area contributed by atoms with E-state index in [4.69, 9.17) is 0 Å². The first-order valence-electron chi connectivity index (χ1n) is 23.4. The smallest absolute Gasteiger partial charge is 0.0726 e. The Balaban J connectivity index is 1.05. The molecule has 3 aliphatic rings. The van der Waals surface area contributed by atoms with Crippen LogP contribution in [-0.4, -0.2) is 4.57 Å². The Hall–Kier alpha value is -7.98. The molecule has 2 aromatic heterocycles. The van der Waals surface area contributed by atoms with Crippen molar-refractivity contribution in [1.82, 2.24) is 4.57 Å². The first kappa shape index (κ1) is 37.3. The van der Waals surface area contributed by atoms with E-state index < -0.39 is 5.41 Å². The van der Waals surface area contributed by atoms with E-state index in [1.165, 1.54) is 114 Å². The van der Waals surface area contributed by atoms with E-state index in [1.807, 2.05) is 11.3 Å². The monoisotopic (exact) mass is 870 g/mol. The molecule has 314 valence electrons. The highest BCUT2D eigenvalue weighted by Crippen LogP contribution is 2.65. The molecule has 12 aromatic rings. The zero-order chi connectivity index (χ0) is 44.2. The maximum absolute atomic E-state index is 2.57. The number of hydrogen-bond donors (Lipinski definition) is 0. The predicted octanol–water partition coefficient (Wildman–Crippen LogP) is 17.3. The summed E-state index contributed by atoms with van der Waals surface area (Å²) < 4.78 is 5.16. The third-order valence-electron chi connectivity index (χ3n) is 15.6. The number of benzene rings is 10. The molecule has 0 unspecified atom stereocenters. The van der Waals surface area contributed by atoms with Gasteiger partial charge in [0, 0.05) is 54.3 Å². The first-order valence-corrected chi connectivity index (χ1v) is 24.2. The van der Waals surface area contributed by atoms with E-state index in [2.05, 4.69) is 242 Å². The minimum Gasteiger partial charge on any atom is -0.310 e. The summed E-state index contributed by atoms with van der Waals surface area (Å²) in [6, 6.07) is 82.4. The minimum atomic E-state index is -0.457. The summed E-state index contributed by atoms with van der Waals surface area (Å²) in [7, 11) is 0. The van der Waals surface area contributed by atoms with Crippen molar-refractivity contribution < 1.29 is 0 Å². The highest BCUT2D eigenvalue weighted by Gasteiger charge is 2.52. The highest BCUT2D eigenvalue weighted by molar-refractivity contribution is 7.26. The number of para-hydroxylation sites is 1. The second kappa shape index (κ2) is 13.3. The molecular weight excluding hydrogens is 829 g/mol. The van der Waals surface area contributed by atoms with Crippen LogP contribution in [0.3, 0.4) is 0 Å². The molecule has 0 aliphatic heterocycles. The van der Waals surface area contributed by atoms with Gasteiger partial charge in [-0.15, -0.1) is 11.3 Å². The lowest BCUT2D eigenvalue weighted by atomic mass is 9.70. The molecule has 0 radical (unpaired) electrons. The van der Waals surface area contributed by atoms with Gasteiger partial charge in [-0.3, -0.25) is 0 Å². The average Bonchev–Trinajstić information content (AvgIpc) is 4.15. The van der Waals surface area contributed by atoms with E-state index in [9.17, 15) is 0 Å². The van der Waals surface area contributed by atoms with Gasteiger partial charge in [0.05, 0.1) is 26.8 Å². The van der Waals surface area contributed by atoms with Gasteiger partial charge in [0.15, 0.2) is 0 Å². The van der Waals surface area contributed by atoms with Crippen LogP contribution in [0.15, 0.2) is 218 Å². The summed E-state index contributed by atoms with van der Waals surface area (Å²) in [5, 5.41) is 5.13. The van der Waals surface area contributed by atoms with Crippen LogP contribution in [0.2, 0.25) is 0 Å². The number of aromatic nitrogens is 1. The fourth-order valence-electron chi connectivity index (χ4n) is 12.8. The van der Waals surface area contributed by atoms with E-state index in [0.717, 1.165) is 17.1 Å². The van der Waals surface area contributed by atoms with Crippen LogP contribution in [0.4, 0.5) is 17.1 Å². The topological polar surface area (TPSA) is 8.17 Å². The van der Waals surface area contributed by atoms with Crippen LogP contribution in [0.5, 0.6) is 0 Å². The number of anilines is 3. The lowest BCUT2D eigenvalue weighted by molar-refractivity contribution is 0.660. The van der Waals surface area contributed by atoms with Gasteiger partial charge in [-0.05, 0) is 110 Å². The minimum absolute atomic E-state index is 0.167. The molecule has 0 amide bonds. The van der Waals surface area contributed by atoms with Crippen molar-refractivity contribution in [2.75, 3.05) is 4.90 Å². The maximum Gasteiger partial charge on any atom is 0.0726 e. The molecule has 2 nitrogen and oxygen atoms in total. The third-order valence-corrected chi connectivity index (χ3v) is 16.8. The van der Waals surface area contributed by atoms with Crippen LogP contribution in [-0.2, 0) is 10.8 Å². The maximum atomic E-state index is 2.57. The van der Waals surface area contributed by atoms with Gasteiger partial charge in [-0.2, -0.15) is 0 Å². The van der Waals surface area contributed by atoms with Crippen molar-refractivity contribution in [3.8, 4) is 39.1 Å². The third kappa shape index (κ3) is 4.74. The fraction of sp³-hybridized carbons (Fsp3) is 0.0625. The van der Waals surface area contributed by atoms with Crippen molar-refractivity contribution in [2.24, 2.45) is 0 Å². The Kier molecular flexibility index (Phi) is 7.41. The molecule has 10 aromatic carbocycles. The number of hydrogen-bond acceptors (Lipinski definition) is 2. The molecule has 0 saturated heterocycles. The lowest BCUT2D eigenvalue weighted by Crippen LogP contribution is -2.26. The van der Waals surface area contributed by atoms with Gasteiger partial charge >= 0.3 is 0 Å². The number of thiophene rings is 1. The summed E-state index contributed by atoms with van der Waals surface area (Å²) in [4.78, 5) is 2.57. The molecule has 0 fully saturated rings. The average molecular weight is 871 g/mol. The normalized spacial score (nSPS) is 14.4. The van der Waals surface area contributed by atoms with Crippen LogP contribution in [0.1, 0.15) is 47.2 Å². The molecule has 0 bridgehead atoms. The van der Waals surface area contributed by atoms with E-state index in [1.54, 1.807) is 0 Å². The Labute approximate surface area is 393 Å². The van der Waals surface area contributed by atoms with Gasteiger partial charge in [-0.25, -0.2) is 0 Å². The molecule has 0 atom stereocenters. The molecule has 2 heterocycles. The molecule has 3 aliphatic carbocycles. The van der Waals surface area contributed by atoms with Crippen molar-refractivity contribution in [2.45, 2.75) is 24.7 Å². The van der Waals surface area contributed by atoms with Crippen LogP contribution >= 0.6 is 11.3 Å². The molecule has 15 rings (SSSR count). The zero-order valence-electron chi connectivity index (χ0n) is 37.1. The van der Waals surface area contributed by atoms with E-state index >= 15 is 0 Å². The van der Waals surface area contributed by atoms with Crippen LogP contribution < -0.4 is 4.90 Å². The molecule has 0 saturated carbocycles. The zero-order valence-corrected chi connectivity index (χ0v) is 37.9. The summed E-state index contributed by atoms with van der Waals surface area (Å²) in [5.41, 5.74) is 22.4. The number of rotatable bonds is 4.